The fourth-order valence-corrected chi connectivity index (χ4v) is 5.23. The molecule has 13 heteroatoms. The summed E-state index contributed by atoms with van der Waals surface area (Å²) in [5.74, 6) is -3.44. The molecule has 2 heterocycles. The first-order valence-corrected chi connectivity index (χ1v) is 12.5. The molecule has 2 aromatic carbocycles. The van der Waals surface area contributed by atoms with Gasteiger partial charge >= 0.3 is 5.97 Å². The molecule has 0 radical (unpaired) electrons. The zero-order valence-corrected chi connectivity index (χ0v) is 21.8. The molecule has 1 aliphatic carbocycles. The van der Waals surface area contributed by atoms with Gasteiger partial charge in [0.1, 0.15) is 11.4 Å². The summed E-state index contributed by atoms with van der Waals surface area (Å²) in [4.78, 5) is 41.8. The van der Waals surface area contributed by atoms with Crippen LogP contribution in [0.1, 0.15) is 66.1 Å². The van der Waals surface area contributed by atoms with E-state index in [-0.39, 0.29) is 44.9 Å². The van der Waals surface area contributed by atoms with Gasteiger partial charge in [0, 0.05) is 12.6 Å². The monoisotopic (exact) mass is 571 g/mol. The highest BCUT2D eigenvalue weighted by atomic mass is 35.5. The largest absolute Gasteiger partial charge is 0.505 e. The number of hydrogen-bond donors (Lipinski definition) is 4. The van der Waals surface area contributed by atoms with Gasteiger partial charge in [0.05, 0.1) is 27.8 Å². The number of carbonyl (C=O) groups is 3. The number of carbonyl (C=O) groups excluding carboxylic acids is 2. The van der Waals surface area contributed by atoms with Gasteiger partial charge in [-0.25, -0.2) is 18.7 Å². The predicted octanol–water partition coefficient (Wildman–Crippen LogP) is 4.23. The molecule has 10 nitrogen and oxygen atoms in total. The molecule has 1 atom stereocenters. The molecule has 0 fully saturated rings. The maximum atomic E-state index is 14.4. The van der Waals surface area contributed by atoms with Crippen LogP contribution in [0, 0.1) is 12.7 Å². The molecule has 1 aliphatic rings. The SMILES string of the molecule is Cc1c(C(=O)O)ccc2c1CC[C@@H]2NC(=O)c1cc(C(=O)NCc2cc(Cl)c(O)c(Cl)c2)nc2c(F)cnn12. The van der Waals surface area contributed by atoms with Crippen LogP contribution in [-0.2, 0) is 13.0 Å². The Kier molecular flexibility index (Phi) is 6.87. The highest BCUT2D eigenvalue weighted by Gasteiger charge is 2.29. The Morgan fingerprint density at radius 1 is 1.15 bits per heavy atom. The van der Waals surface area contributed by atoms with Crippen molar-refractivity contribution in [3.05, 3.63) is 91.6 Å². The molecular weight excluding hydrogens is 552 g/mol. The Bertz CT molecular complexity index is 1670. The van der Waals surface area contributed by atoms with Crippen LogP contribution in [0.25, 0.3) is 5.65 Å². The van der Waals surface area contributed by atoms with E-state index in [1.165, 1.54) is 24.3 Å². The van der Waals surface area contributed by atoms with E-state index in [4.69, 9.17) is 23.2 Å². The van der Waals surface area contributed by atoms with E-state index in [0.717, 1.165) is 21.8 Å². The van der Waals surface area contributed by atoms with Crippen molar-refractivity contribution in [2.24, 2.45) is 0 Å². The number of hydrogen-bond acceptors (Lipinski definition) is 6. The minimum Gasteiger partial charge on any atom is -0.505 e. The minimum absolute atomic E-state index is 0.00875. The van der Waals surface area contributed by atoms with E-state index in [1.807, 2.05) is 0 Å². The quantitative estimate of drug-likeness (QED) is 0.271. The number of phenols is 1. The lowest BCUT2D eigenvalue weighted by Gasteiger charge is -2.16. The smallest absolute Gasteiger partial charge is 0.335 e. The van der Waals surface area contributed by atoms with E-state index in [9.17, 15) is 29.0 Å². The maximum absolute atomic E-state index is 14.4. The Morgan fingerprint density at radius 2 is 1.87 bits per heavy atom. The van der Waals surface area contributed by atoms with Gasteiger partial charge in [0.25, 0.3) is 11.8 Å². The highest BCUT2D eigenvalue weighted by molar-refractivity contribution is 6.37. The lowest BCUT2D eigenvalue weighted by Crippen LogP contribution is -2.30. The van der Waals surface area contributed by atoms with Gasteiger partial charge in [0.2, 0.25) is 0 Å². The zero-order chi connectivity index (χ0) is 28.0. The number of amides is 2. The standard InChI is InChI=1S/C26H20Cl2FN5O5/c1-11-13-4-5-19(15(13)3-2-14(11)26(38)39)33-25(37)21-8-20(32-23-18(29)10-31-34(21)23)24(36)30-9-12-6-16(27)22(35)17(28)7-12/h2-3,6-8,10,19,35H,4-5,9H2,1H3,(H,30,36)(H,33,37)(H,38,39)/t19-/m0/s1. The third kappa shape index (κ3) is 4.86. The fourth-order valence-electron chi connectivity index (χ4n) is 4.70. The number of phenolic OH excluding ortho intramolecular Hbond substituents is 1. The van der Waals surface area contributed by atoms with E-state index in [0.29, 0.717) is 24.0 Å². The topological polar surface area (TPSA) is 146 Å². The lowest BCUT2D eigenvalue weighted by molar-refractivity contribution is 0.0695. The number of carboxylic acids is 1. The number of nitrogens with one attached hydrogen (secondary N) is 2. The Balaban J connectivity index is 1.41. The summed E-state index contributed by atoms with van der Waals surface area (Å²) in [7, 11) is 0. The lowest BCUT2D eigenvalue weighted by atomic mass is 9.98. The van der Waals surface area contributed by atoms with E-state index in [2.05, 4.69) is 20.7 Å². The summed E-state index contributed by atoms with van der Waals surface area (Å²) in [6.45, 7) is 1.70. The van der Waals surface area contributed by atoms with Gasteiger partial charge < -0.3 is 20.8 Å². The van der Waals surface area contributed by atoms with Crippen LogP contribution in [0.2, 0.25) is 10.0 Å². The number of benzene rings is 2. The first kappa shape index (κ1) is 26.4. The third-order valence-electron chi connectivity index (χ3n) is 6.65. The van der Waals surface area contributed by atoms with Crippen LogP contribution in [0.4, 0.5) is 4.39 Å². The maximum Gasteiger partial charge on any atom is 0.335 e. The van der Waals surface area contributed by atoms with Crippen molar-refractivity contribution in [2.75, 3.05) is 0 Å². The normalized spacial score (nSPS) is 14.3. The van der Waals surface area contributed by atoms with Crippen LogP contribution in [0.3, 0.4) is 0 Å². The van der Waals surface area contributed by atoms with Gasteiger partial charge in [-0.15, -0.1) is 0 Å². The van der Waals surface area contributed by atoms with Crippen LogP contribution in [-0.4, -0.2) is 42.6 Å². The van der Waals surface area contributed by atoms with Gasteiger partial charge in [-0.2, -0.15) is 5.10 Å². The van der Waals surface area contributed by atoms with Gasteiger partial charge in [0.15, 0.2) is 17.2 Å². The number of aromatic hydroxyl groups is 1. The van der Waals surface area contributed by atoms with Crippen LogP contribution in [0.15, 0.2) is 36.5 Å². The molecule has 0 unspecified atom stereocenters. The summed E-state index contributed by atoms with van der Waals surface area (Å²) in [6, 6.07) is 6.82. The van der Waals surface area contributed by atoms with Crippen molar-refractivity contribution in [1.29, 1.82) is 0 Å². The van der Waals surface area contributed by atoms with Gasteiger partial charge in [-0.05, 0) is 60.2 Å². The molecule has 2 aromatic heterocycles. The molecule has 4 N–H and O–H groups in total. The number of halogens is 3. The molecule has 0 aliphatic heterocycles. The molecular formula is C26H20Cl2FN5O5. The number of fused-ring (bicyclic) bond motifs is 2. The predicted molar refractivity (Wildman–Crippen MR) is 139 cm³/mol. The summed E-state index contributed by atoms with van der Waals surface area (Å²) >= 11 is 11.9. The first-order chi connectivity index (χ1) is 18.5. The number of nitrogens with zero attached hydrogens (tertiary/aromatic N) is 3. The van der Waals surface area contributed by atoms with Gasteiger partial charge in [-0.3, -0.25) is 9.59 Å². The second-order valence-electron chi connectivity index (χ2n) is 9.02. The van der Waals surface area contributed by atoms with Crippen molar-refractivity contribution >= 4 is 46.6 Å². The highest BCUT2D eigenvalue weighted by Crippen LogP contribution is 2.35. The molecule has 5 rings (SSSR count). The Labute approximate surface area is 230 Å². The number of rotatable bonds is 6. The van der Waals surface area contributed by atoms with Crippen molar-refractivity contribution in [1.82, 2.24) is 25.2 Å². The number of aromatic nitrogens is 3. The molecule has 2 amide bonds. The zero-order valence-electron chi connectivity index (χ0n) is 20.3. The molecule has 0 spiro atoms. The van der Waals surface area contributed by atoms with Crippen molar-refractivity contribution in [3.63, 3.8) is 0 Å². The van der Waals surface area contributed by atoms with Crippen molar-refractivity contribution in [2.45, 2.75) is 32.4 Å². The van der Waals surface area contributed by atoms with E-state index < -0.39 is 29.6 Å². The molecule has 0 saturated heterocycles. The summed E-state index contributed by atoms with van der Waals surface area (Å²) in [6.07, 6.45) is 2.01. The van der Waals surface area contributed by atoms with Crippen molar-refractivity contribution < 1.29 is 29.0 Å². The molecule has 0 bridgehead atoms. The Morgan fingerprint density at radius 3 is 2.56 bits per heavy atom. The number of carboxylic acid groups (broad SMARTS) is 1. The molecule has 4 aromatic rings. The first-order valence-electron chi connectivity index (χ1n) is 11.7. The second-order valence-corrected chi connectivity index (χ2v) is 9.84. The van der Waals surface area contributed by atoms with E-state index >= 15 is 0 Å². The van der Waals surface area contributed by atoms with Crippen LogP contribution >= 0.6 is 23.2 Å². The van der Waals surface area contributed by atoms with Crippen LogP contribution in [0.5, 0.6) is 5.75 Å². The second kappa shape index (κ2) is 10.2. The third-order valence-corrected chi connectivity index (χ3v) is 7.23. The van der Waals surface area contributed by atoms with Crippen molar-refractivity contribution in [3.8, 4) is 5.75 Å². The summed E-state index contributed by atoms with van der Waals surface area (Å²) in [5.41, 5.74) is 2.35. The molecule has 0 saturated carbocycles. The fraction of sp³-hybridized carbons (Fsp3) is 0.192. The van der Waals surface area contributed by atoms with E-state index in [1.54, 1.807) is 13.0 Å². The number of aromatic carboxylic acids is 1. The van der Waals surface area contributed by atoms with Crippen LogP contribution < -0.4 is 10.6 Å². The summed E-state index contributed by atoms with van der Waals surface area (Å²) < 4.78 is 15.5. The summed E-state index contributed by atoms with van der Waals surface area (Å²) in [5, 5.41) is 28.5. The average molecular weight is 572 g/mol. The molecule has 39 heavy (non-hydrogen) atoms. The van der Waals surface area contributed by atoms with Gasteiger partial charge in [-0.1, -0.05) is 29.3 Å². The average Bonchev–Trinajstić information content (AvgIpc) is 3.48. The minimum atomic E-state index is -1.02. The Hall–Kier alpha value is -4.22. The molecule has 200 valence electrons.